The maximum Gasteiger partial charge on any atom is 0.111 e. The molecule has 0 aliphatic rings. The first-order chi connectivity index (χ1) is 11.3. The van der Waals surface area contributed by atoms with Gasteiger partial charge in [0.2, 0.25) is 0 Å². The van der Waals surface area contributed by atoms with Crippen LogP contribution in [0.25, 0.3) is 11.3 Å². The predicted octanol–water partition coefficient (Wildman–Crippen LogP) is 7.92. The third-order valence-corrected chi connectivity index (χ3v) is 6.27. The van der Waals surface area contributed by atoms with Crippen molar-refractivity contribution in [2.75, 3.05) is 0 Å². The Bertz CT molecular complexity index is 902. The van der Waals surface area contributed by atoms with Gasteiger partial charge in [-0.25, -0.2) is 4.98 Å². The van der Waals surface area contributed by atoms with Gasteiger partial charge in [0.1, 0.15) is 5.82 Å². The lowest BCUT2D eigenvalue weighted by Crippen LogP contribution is -1.94. The smallest absolute Gasteiger partial charge is 0.111 e. The van der Waals surface area contributed by atoms with Crippen LogP contribution in [0.4, 0.5) is 0 Å². The van der Waals surface area contributed by atoms with Gasteiger partial charge in [-0.1, -0.05) is 82.6 Å². The number of hydrogen-bond donors (Lipinski definition) is 1. The number of aromatic nitrogens is 2. The first kappa shape index (κ1) is 18.7. The molecule has 1 aromatic heterocycles. The molecule has 2 aromatic carbocycles. The molecule has 1 N–H and O–H groups in total. The normalized spacial score (nSPS) is 11.1. The fourth-order valence-electron chi connectivity index (χ4n) is 2.22. The van der Waals surface area contributed by atoms with Crippen LogP contribution in [0.2, 0.25) is 15.1 Å². The Kier molecular flexibility index (Phi) is 6.00. The Morgan fingerprint density at radius 2 is 1.50 bits per heavy atom. The SMILES string of the molecule is Clc1cc(Cl)c(-c2c[nH]c(Cc3c(Br)cc(Br)cc3Br)n2)cc1Cl. The fraction of sp³-hybridized carbons (Fsp3) is 0.0625. The van der Waals surface area contributed by atoms with E-state index in [0.717, 1.165) is 36.1 Å². The molecule has 0 aliphatic carbocycles. The van der Waals surface area contributed by atoms with E-state index in [0.29, 0.717) is 21.5 Å². The minimum absolute atomic E-state index is 0.420. The molecule has 24 heavy (non-hydrogen) atoms. The van der Waals surface area contributed by atoms with Crippen LogP contribution >= 0.6 is 82.6 Å². The van der Waals surface area contributed by atoms with E-state index in [2.05, 4.69) is 57.8 Å². The van der Waals surface area contributed by atoms with Gasteiger partial charge < -0.3 is 4.98 Å². The molecule has 0 bridgehead atoms. The molecule has 0 saturated heterocycles. The minimum atomic E-state index is 0.420. The average molecular weight is 574 g/mol. The molecular formula is C16H8Br3Cl3N2. The summed E-state index contributed by atoms with van der Waals surface area (Å²) in [6.45, 7) is 0. The number of H-pyrrole nitrogens is 1. The molecule has 0 radical (unpaired) electrons. The van der Waals surface area contributed by atoms with Crippen LogP contribution in [0.5, 0.6) is 0 Å². The molecule has 0 spiro atoms. The molecule has 3 rings (SSSR count). The van der Waals surface area contributed by atoms with Crippen molar-refractivity contribution in [3.63, 3.8) is 0 Å². The van der Waals surface area contributed by atoms with Gasteiger partial charge in [-0.15, -0.1) is 0 Å². The summed E-state index contributed by atoms with van der Waals surface area (Å²) in [6.07, 6.45) is 2.44. The molecule has 124 valence electrons. The second-order valence-corrected chi connectivity index (χ2v) is 8.85. The Labute approximate surface area is 179 Å². The van der Waals surface area contributed by atoms with E-state index >= 15 is 0 Å². The highest BCUT2D eigenvalue weighted by Crippen LogP contribution is 2.35. The number of benzene rings is 2. The Balaban J connectivity index is 1.94. The third-order valence-electron chi connectivity index (χ3n) is 3.37. The molecule has 0 aliphatic heterocycles. The summed E-state index contributed by atoms with van der Waals surface area (Å²) in [7, 11) is 0. The quantitative estimate of drug-likeness (QED) is 0.317. The summed E-state index contributed by atoms with van der Waals surface area (Å²) in [5.41, 5.74) is 2.56. The minimum Gasteiger partial charge on any atom is -0.348 e. The lowest BCUT2D eigenvalue weighted by molar-refractivity contribution is 1.01. The van der Waals surface area contributed by atoms with Crippen molar-refractivity contribution in [3.05, 3.63) is 70.3 Å². The van der Waals surface area contributed by atoms with Crippen LogP contribution in [0, 0.1) is 0 Å². The lowest BCUT2D eigenvalue weighted by atomic mass is 10.1. The van der Waals surface area contributed by atoms with Gasteiger partial charge in [0.05, 0.1) is 20.8 Å². The van der Waals surface area contributed by atoms with E-state index < -0.39 is 0 Å². The van der Waals surface area contributed by atoms with E-state index in [9.17, 15) is 0 Å². The molecule has 1 heterocycles. The van der Waals surface area contributed by atoms with Gasteiger partial charge in [-0.2, -0.15) is 0 Å². The summed E-state index contributed by atoms with van der Waals surface area (Å²) in [6, 6.07) is 7.34. The summed E-state index contributed by atoms with van der Waals surface area (Å²) < 4.78 is 2.98. The maximum atomic E-state index is 6.26. The van der Waals surface area contributed by atoms with Gasteiger partial charge in [0.25, 0.3) is 0 Å². The predicted molar refractivity (Wildman–Crippen MR) is 111 cm³/mol. The van der Waals surface area contributed by atoms with Crippen LogP contribution in [0.15, 0.2) is 43.9 Å². The van der Waals surface area contributed by atoms with Crippen molar-refractivity contribution < 1.29 is 0 Å². The lowest BCUT2D eigenvalue weighted by Gasteiger charge is -2.07. The van der Waals surface area contributed by atoms with Crippen molar-refractivity contribution in [2.45, 2.75) is 6.42 Å². The van der Waals surface area contributed by atoms with E-state index in [1.54, 1.807) is 18.3 Å². The molecule has 0 saturated carbocycles. The largest absolute Gasteiger partial charge is 0.348 e. The third kappa shape index (κ3) is 4.02. The molecule has 2 nitrogen and oxygen atoms in total. The van der Waals surface area contributed by atoms with Crippen LogP contribution in [-0.4, -0.2) is 9.97 Å². The number of hydrogen-bond acceptors (Lipinski definition) is 1. The molecule has 0 unspecified atom stereocenters. The van der Waals surface area contributed by atoms with Crippen LogP contribution in [0.1, 0.15) is 11.4 Å². The van der Waals surface area contributed by atoms with Gasteiger partial charge in [0.15, 0.2) is 0 Å². The number of nitrogens with zero attached hydrogens (tertiary/aromatic N) is 1. The Morgan fingerprint density at radius 1 is 0.875 bits per heavy atom. The van der Waals surface area contributed by atoms with E-state index in [1.807, 2.05) is 12.1 Å². The van der Waals surface area contributed by atoms with Crippen LogP contribution in [-0.2, 0) is 6.42 Å². The second kappa shape index (κ2) is 7.68. The van der Waals surface area contributed by atoms with Gasteiger partial charge in [-0.05, 0) is 29.8 Å². The van der Waals surface area contributed by atoms with Crippen molar-refractivity contribution in [1.82, 2.24) is 9.97 Å². The zero-order valence-corrected chi connectivity index (χ0v) is 18.8. The molecule has 3 aromatic rings. The first-order valence-corrected chi connectivity index (χ1v) is 10.2. The Hall–Kier alpha value is -0.0400. The van der Waals surface area contributed by atoms with E-state index in [-0.39, 0.29) is 0 Å². The molecule has 0 fully saturated rings. The van der Waals surface area contributed by atoms with Crippen LogP contribution < -0.4 is 0 Å². The van der Waals surface area contributed by atoms with Crippen LogP contribution in [0.3, 0.4) is 0 Å². The maximum absolute atomic E-state index is 6.26. The van der Waals surface area contributed by atoms with Gasteiger partial charge in [0, 0.05) is 31.6 Å². The van der Waals surface area contributed by atoms with Crippen molar-refractivity contribution in [2.24, 2.45) is 0 Å². The molecule has 0 atom stereocenters. The number of imidazole rings is 1. The molecule has 0 amide bonds. The fourth-order valence-corrected chi connectivity index (χ4v) is 5.40. The van der Waals surface area contributed by atoms with Crippen molar-refractivity contribution in [3.8, 4) is 11.3 Å². The highest BCUT2D eigenvalue weighted by molar-refractivity contribution is 9.11. The van der Waals surface area contributed by atoms with E-state index in [1.165, 1.54) is 0 Å². The summed E-state index contributed by atoms with van der Waals surface area (Å²) in [5, 5.41) is 1.37. The summed E-state index contributed by atoms with van der Waals surface area (Å²) in [5.74, 6) is 0.816. The van der Waals surface area contributed by atoms with Crippen molar-refractivity contribution in [1.29, 1.82) is 0 Å². The number of aromatic amines is 1. The van der Waals surface area contributed by atoms with E-state index in [4.69, 9.17) is 34.8 Å². The number of nitrogens with one attached hydrogen (secondary N) is 1. The number of rotatable bonds is 3. The monoisotopic (exact) mass is 570 g/mol. The highest BCUT2D eigenvalue weighted by atomic mass is 79.9. The number of halogens is 6. The standard InChI is InChI=1S/C16H8Br3Cl3N2/c17-7-1-10(18)8(11(19)2-7)4-16-23-6-15(24-16)9-3-13(21)14(22)5-12(9)20/h1-3,5-6H,4H2,(H,23,24). The summed E-state index contributed by atoms with van der Waals surface area (Å²) in [4.78, 5) is 7.80. The second-order valence-electron chi connectivity index (χ2n) is 5.00. The van der Waals surface area contributed by atoms with Crippen molar-refractivity contribution >= 4 is 82.6 Å². The molecule has 8 heteroatoms. The summed E-state index contributed by atoms with van der Waals surface area (Å²) >= 11 is 28.9. The zero-order valence-electron chi connectivity index (χ0n) is 11.8. The topological polar surface area (TPSA) is 28.7 Å². The highest BCUT2D eigenvalue weighted by Gasteiger charge is 2.14. The van der Waals surface area contributed by atoms with Gasteiger partial charge >= 0.3 is 0 Å². The van der Waals surface area contributed by atoms with Gasteiger partial charge in [-0.3, -0.25) is 0 Å². The Morgan fingerprint density at radius 3 is 2.17 bits per heavy atom. The first-order valence-electron chi connectivity index (χ1n) is 6.67. The molecular weight excluding hydrogens is 566 g/mol. The average Bonchev–Trinajstić information content (AvgIpc) is 2.95. The zero-order chi connectivity index (χ0) is 17.4.